The summed E-state index contributed by atoms with van der Waals surface area (Å²) in [6, 6.07) is 0. The third-order valence-electron chi connectivity index (χ3n) is 3.20. The summed E-state index contributed by atoms with van der Waals surface area (Å²) in [5.74, 6) is -0.704. The fourth-order valence-corrected chi connectivity index (χ4v) is 1.97. The minimum absolute atomic E-state index is 0. The summed E-state index contributed by atoms with van der Waals surface area (Å²) in [7, 11) is -4.67. The van der Waals surface area contributed by atoms with Gasteiger partial charge < -0.3 is 4.74 Å². The molecule has 0 atom stereocenters. The predicted molar refractivity (Wildman–Crippen MR) is 99.2 cm³/mol. The van der Waals surface area contributed by atoms with Crippen molar-refractivity contribution in [2.24, 2.45) is 0 Å². The Hall–Kier alpha value is 0.01000. The quantitative estimate of drug-likeness (QED) is 0.172. The van der Waals surface area contributed by atoms with Crippen molar-refractivity contribution in [1.29, 1.82) is 0 Å². The molecule has 146 valence electrons. The molecule has 25 heavy (non-hydrogen) atoms. The predicted octanol–water partition coefficient (Wildman–Crippen LogP) is 3.48. The van der Waals surface area contributed by atoms with E-state index in [1.807, 2.05) is 0 Å². The first-order valence-corrected chi connectivity index (χ1v) is 10.0. The zero-order chi connectivity index (χ0) is 18.8. The molecule has 0 radical (unpaired) electrons. The first kappa shape index (κ1) is 29.8. The van der Waals surface area contributed by atoms with E-state index in [1.165, 1.54) is 25.7 Å². The van der Waals surface area contributed by atoms with Crippen molar-refractivity contribution < 1.29 is 31.8 Å². The Balaban J connectivity index is -0.000000704. The molecule has 0 spiro atoms. The van der Waals surface area contributed by atoms with E-state index in [1.54, 1.807) is 0 Å². The van der Waals surface area contributed by atoms with Gasteiger partial charge in [-0.25, -0.2) is 0 Å². The van der Waals surface area contributed by atoms with E-state index < -0.39 is 10.4 Å². The Labute approximate surface area is 174 Å². The van der Waals surface area contributed by atoms with Crippen molar-refractivity contribution >= 4 is 51.9 Å². The molecule has 0 bridgehead atoms. The molecule has 7 nitrogen and oxygen atoms in total. The molecule has 0 aliphatic rings. The maximum atomic E-state index is 11.4. The van der Waals surface area contributed by atoms with Gasteiger partial charge in [-0.05, 0) is 12.8 Å². The van der Waals surface area contributed by atoms with E-state index in [9.17, 15) is 9.59 Å². The Morgan fingerprint density at radius 3 is 1.28 bits per heavy atom. The fraction of sp³-hybridized carbons (Fsp3) is 0.875. The molecule has 0 aliphatic carbocycles. The number of esters is 2. The molecule has 9 heteroatoms. The van der Waals surface area contributed by atoms with E-state index in [4.69, 9.17) is 22.3 Å². The SMILES string of the molecule is CCCCCCCC(=O)OC(=O)CCCCCCC.O=S(=O)(O)O.[NaH]. The standard InChI is InChI=1S/C16H30O3.Na.H2O4S.H/c1-3-5-7-9-11-13-15(17)19-16(18)14-12-10-8-6-4-2;;1-5(2,3)4;/h3-14H2,1-2H3;;(H2,1,2,3,4);. The molecule has 0 saturated carbocycles. The van der Waals surface area contributed by atoms with E-state index in [0.717, 1.165) is 38.5 Å². The second-order valence-corrected chi connectivity index (χ2v) is 6.52. The normalized spacial score (nSPS) is 10.2. The molecule has 0 amide bonds. The monoisotopic (exact) mass is 392 g/mol. The van der Waals surface area contributed by atoms with Gasteiger partial charge in [0.15, 0.2) is 0 Å². The van der Waals surface area contributed by atoms with E-state index >= 15 is 0 Å². The number of hydrogen-bond acceptors (Lipinski definition) is 5. The third kappa shape index (κ3) is 35.9. The summed E-state index contributed by atoms with van der Waals surface area (Å²) in [5.41, 5.74) is 0. The zero-order valence-corrected chi connectivity index (χ0v) is 15.6. The number of rotatable bonds is 12. The van der Waals surface area contributed by atoms with Crippen molar-refractivity contribution in [3.05, 3.63) is 0 Å². The van der Waals surface area contributed by atoms with Gasteiger partial charge in [0.05, 0.1) is 0 Å². The van der Waals surface area contributed by atoms with Crippen molar-refractivity contribution in [2.75, 3.05) is 0 Å². The van der Waals surface area contributed by atoms with Gasteiger partial charge in [-0.1, -0.05) is 65.2 Å². The van der Waals surface area contributed by atoms with Gasteiger partial charge in [0.2, 0.25) is 0 Å². The first-order valence-electron chi connectivity index (χ1n) is 8.64. The zero-order valence-electron chi connectivity index (χ0n) is 14.8. The van der Waals surface area contributed by atoms with Gasteiger partial charge in [0, 0.05) is 12.8 Å². The summed E-state index contributed by atoms with van der Waals surface area (Å²) in [6.07, 6.45) is 11.7. The number of hydrogen-bond donors (Lipinski definition) is 2. The fourth-order valence-electron chi connectivity index (χ4n) is 1.97. The van der Waals surface area contributed by atoms with Crippen molar-refractivity contribution in [1.82, 2.24) is 0 Å². The summed E-state index contributed by atoms with van der Waals surface area (Å²) < 4.78 is 36.4. The van der Waals surface area contributed by atoms with Gasteiger partial charge in [-0.15, -0.1) is 0 Å². The van der Waals surface area contributed by atoms with Gasteiger partial charge in [-0.2, -0.15) is 8.42 Å². The van der Waals surface area contributed by atoms with Crippen LogP contribution >= 0.6 is 0 Å². The first-order chi connectivity index (χ1) is 11.2. The number of carbonyl (C=O) groups excluding carboxylic acids is 2. The van der Waals surface area contributed by atoms with Crippen LogP contribution in [0.25, 0.3) is 0 Å². The molecule has 0 aromatic carbocycles. The Morgan fingerprint density at radius 2 is 1.00 bits per heavy atom. The second kappa shape index (κ2) is 20.3. The molecular weight excluding hydrogens is 359 g/mol. The molecule has 0 fully saturated rings. The summed E-state index contributed by atoms with van der Waals surface area (Å²) >= 11 is 0. The molecule has 0 unspecified atom stereocenters. The minimum atomic E-state index is -4.67. The van der Waals surface area contributed by atoms with Crippen LogP contribution in [0.1, 0.15) is 90.9 Å². The molecule has 0 heterocycles. The Bertz CT molecular complexity index is 392. The average Bonchev–Trinajstić information content (AvgIpc) is 2.45. The summed E-state index contributed by atoms with van der Waals surface area (Å²) in [5, 5.41) is 0. The second-order valence-electron chi connectivity index (χ2n) is 5.62. The van der Waals surface area contributed by atoms with E-state index in [0.29, 0.717) is 12.8 Å². The topological polar surface area (TPSA) is 118 Å². The maximum absolute atomic E-state index is 11.4. The molecule has 0 aliphatic heterocycles. The molecule has 0 aromatic heterocycles. The number of ether oxygens (including phenoxy) is 1. The molecule has 2 N–H and O–H groups in total. The van der Waals surface area contributed by atoms with Crippen LogP contribution in [0.3, 0.4) is 0 Å². The van der Waals surface area contributed by atoms with Gasteiger partial charge in [0.25, 0.3) is 0 Å². The average molecular weight is 392 g/mol. The van der Waals surface area contributed by atoms with Gasteiger partial charge in [-0.3, -0.25) is 18.7 Å². The number of carbonyl (C=O) groups is 2. The van der Waals surface area contributed by atoms with Crippen LogP contribution in [0.4, 0.5) is 0 Å². The van der Waals surface area contributed by atoms with Crippen LogP contribution in [0, 0.1) is 0 Å². The third-order valence-corrected chi connectivity index (χ3v) is 3.20. The molecular formula is C16H33NaO7S. The van der Waals surface area contributed by atoms with Crippen molar-refractivity contribution in [3.8, 4) is 0 Å². The molecule has 0 aromatic rings. The van der Waals surface area contributed by atoms with Crippen LogP contribution in [-0.2, 0) is 24.7 Å². The van der Waals surface area contributed by atoms with E-state index in [-0.39, 0.29) is 41.5 Å². The Kier molecular flexibility index (Phi) is 24.2. The van der Waals surface area contributed by atoms with E-state index in [2.05, 4.69) is 13.8 Å². The molecule has 0 rings (SSSR count). The van der Waals surface area contributed by atoms with Crippen molar-refractivity contribution in [3.63, 3.8) is 0 Å². The van der Waals surface area contributed by atoms with Crippen LogP contribution in [0.15, 0.2) is 0 Å². The van der Waals surface area contributed by atoms with Gasteiger partial charge in [0.1, 0.15) is 0 Å². The van der Waals surface area contributed by atoms with Gasteiger partial charge >= 0.3 is 51.9 Å². The van der Waals surface area contributed by atoms with Crippen LogP contribution < -0.4 is 0 Å². The summed E-state index contributed by atoms with van der Waals surface area (Å²) in [6.45, 7) is 4.32. The van der Waals surface area contributed by atoms with Crippen molar-refractivity contribution in [2.45, 2.75) is 90.9 Å². The van der Waals surface area contributed by atoms with Crippen LogP contribution in [0.2, 0.25) is 0 Å². The van der Waals surface area contributed by atoms with Crippen LogP contribution in [-0.4, -0.2) is 59.0 Å². The van der Waals surface area contributed by atoms with Crippen LogP contribution in [0.5, 0.6) is 0 Å². The summed E-state index contributed by atoms with van der Waals surface area (Å²) in [4.78, 5) is 22.8. The molecule has 0 saturated heterocycles. The Morgan fingerprint density at radius 1 is 0.720 bits per heavy atom. The number of unbranched alkanes of at least 4 members (excludes halogenated alkanes) is 8.